The summed E-state index contributed by atoms with van der Waals surface area (Å²) in [6.45, 7) is 1.14. The molecule has 1 N–H and O–H groups in total. The third-order valence-electron chi connectivity index (χ3n) is 3.38. The molecule has 4 nitrogen and oxygen atoms in total. The highest BCUT2D eigenvalue weighted by molar-refractivity contribution is 5.63. The van der Waals surface area contributed by atoms with Gasteiger partial charge in [-0.05, 0) is 23.3 Å². The maximum Gasteiger partial charge on any atom is 0.120 e. The van der Waals surface area contributed by atoms with Crippen molar-refractivity contribution in [2.24, 2.45) is 0 Å². The topological polar surface area (TPSA) is 47.3 Å². The molecule has 0 atom stereocenters. The molecule has 0 saturated carbocycles. The van der Waals surface area contributed by atoms with Crippen molar-refractivity contribution in [1.82, 2.24) is 9.78 Å². The summed E-state index contributed by atoms with van der Waals surface area (Å²) in [4.78, 5) is 0. The van der Waals surface area contributed by atoms with Crippen molar-refractivity contribution >= 4 is 0 Å². The molecule has 0 amide bonds. The lowest BCUT2D eigenvalue weighted by molar-refractivity contribution is 0.269. The van der Waals surface area contributed by atoms with E-state index >= 15 is 0 Å². The predicted octanol–water partition coefficient (Wildman–Crippen LogP) is 3.12. The third-order valence-corrected chi connectivity index (χ3v) is 3.38. The summed E-state index contributed by atoms with van der Waals surface area (Å²) >= 11 is 0. The van der Waals surface area contributed by atoms with Crippen LogP contribution in [-0.2, 0) is 13.2 Å². The van der Waals surface area contributed by atoms with Gasteiger partial charge in [-0.2, -0.15) is 5.10 Å². The first-order valence-corrected chi connectivity index (χ1v) is 7.25. The van der Waals surface area contributed by atoms with Crippen molar-refractivity contribution in [2.45, 2.75) is 13.2 Å². The Morgan fingerprint density at radius 1 is 1.00 bits per heavy atom. The van der Waals surface area contributed by atoms with Gasteiger partial charge < -0.3 is 9.84 Å². The van der Waals surface area contributed by atoms with E-state index in [1.807, 2.05) is 60.8 Å². The number of hydrogen-bond donors (Lipinski definition) is 1. The molecule has 0 saturated heterocycles. The first-order chi connectivity index (χ1) is 10.8. The van der Waals surface area contributed by atoms with Gasteiger partial charge in [0.15, 0.2) is 0 Å². The predicted molar refractivity (Wildman–Crippen MR) is 85.5 cm³/mol. The van der Waals surface area contributed by atoms with E-state index in [1.165, 1.54) is 0 Å². The molecule has 1 heterocycles. The Morgan fingerprint density at radius 2 is 1.86 bits per heavy atom. The SMILES string of the molecule is OCCn1cc(-c2cccc(OCc3ccccc3)c2)cn1. The molecule has 0 aliphatic heterocycles. The van der Waals surface area contributed by atoms with Crippen LogP contribution in [0.1, 0.15) is 5.56 Å². The fraction of sp³-hybridized carbons (Fsp3) is 0.167. The molecule has 2 aromatic carbocycles. The van der Waals surface area contributed by atoms with Crippen LogP contribution in [0.5, 0.6) is 5.75 Å². The molecule has 0 radical (unpaired) electrons. The standard InChI is InChI=1S/C18H18N2O2/c21-10-9-20-13-17(12-19-20)16-7-4-8-18(11-16)22-14-15-5-2-1-3-6-15/h1-8,11-13,21H,9-10,14H2. The van der Waals surface area contributed by atoms with Gasteiger partial charge in [-0.3, -0.25) is 4.68 Å². The normalized spacial score (nSPS) is 10.6. The van der Waals surface area contributed by atoms with E-state index in [-0.39, 0.29) is 6.61 Å². The number of nitrogens with zero attached hydrogens (tertiary/aromatic N) is 2. The highest BCUT2D eigenvalue weighted by Gasteiger charge is 2.03. The molecule has 22 heavy (non-hydrogen) atoms. The summed E-state index contributed by atoms with van der Waals surface area (Å²) in [5, 5.41) is 13.2. The van der Waals surface area contributed by atoms with Gasteiger partial charge in [0.1, 0.15) is 12.4 Å². The summed E-state index contributed by atoms with van der Waals surface area (Å²) < 4.78 is 7.57. The highest BCUT2D eigenvalue weighted by atomic mass is 16.5. The Hall–Kier alpha value is -2.59. The van der Waals surface area contributed by atoms with E-state index in [0.29, 0.717) is 13.2 Å². The van der Waals surface area contributed by atoms with Crippen molar-refractivity contribution in [3.63, 3.8) is 0 Å². The molecular weight excluding hydrogens is 276 g/mol. The maximum atomic E-state index is 8.94. The summed E-state index contributed by atoms with van der Waals surface area (Å²) in [7, 11) is 0. The lowest BCUT2D eigenvalue weighted by Crippen LogP contribution is -2.01. The Bertz CT molecular complexity index is 723. The van der Waals surface area contributed by atoms with Gasteiger partial charge in [-0.25, -0.2) is 0 Å². The van der Waals surface area contributed by atoms with Crippen molar-refractivity contribution in [1.29, 1.82) is 0 Å². The first-order valence-electron chi connectivity index (χ1n) is 7.25. The molecule has 112 valence electrons. The lowest BCUT2D eigenvalue weighted by atomic mass is 10.1. The number of rotatable bonds is 6. The van der Waals surface area contributed by atoms with Crippen LogP contribution >= 0.6 is 0 Å². The summed E-state index contributed by atoms with van der Waals surface area (Å²) in [5.41, 5.74) is 3.21. The van der Waals surface area contributed by atoms with Gasteiger partial charge >= 0.3 is 0 Å². The van der Waals surface area contributed by atoms with Crippen LogP contribution in [0.25, 0.3) is 11.1 Å². The average molecular weight is 294 g/mol. The highest BCUT2D eigenvalue weighted by Crippen LogP contribution is 2.24. The van der Waals surface area contributed by atoms with E-state index in [0.717, 1.165) is 22.4 Å². The smallest absolute Gasteiger partial charge is 0.120 e. The Morgan fingerprint density at radius 3 is 2.68 bits per heavy atom. The minimum absolute atomic E-state index is 0.0847. The van der Waals surface area contributed by atoms with E-state index < -0.39 is 0 Å². The minimum atomic E-state index is 0.0847. The van der Waals surface area contributed by atoms with Gasteiger partial charge in [0.25, 0.3) is 0 Å². The van der Waals surface area contributed by atoms with Crippen molar-refractivity contribution in [3.05, 3.63) is 72.6 Å². The molecule has 0 aliphatic carbocycles. The number of aromatic nitrogens is 2. The zero-order chi connectivity index (χ0) is 15.2. The quantitative estimate of drug-likeness (QED) is 0.760. The molecule has 0 unspecified atom stereocenters. The van der Waals surface area contributed by atoms with E-state index in [4.69, 9.17) is 9.84 Å². The monoisotopic (exact) mass is 294 g/mol. The summed E-state index contributed by atoms with van der Waals surface area (Å²) in [6.07, 6.45) is 3.72. The second kappa shape index (κ2) is 6.91. The Balaban J connectivity index is 1.71. The van der Waals surface area contributed by atoms with Crippen molar-refractivity contribution in [2.75, 3.05) is 6.61 Å². The largest absolute Gasteiger partial charge is 0.489 e. The van der Waals surface area contributed by atoms with Crippen LogP contribution in [-0.4, -0.2) is 21.5 Å². The number of aliphatic hydroxyl groups is 1. The molecule has 3 aromatic rings. The van der Waals surface area contributed by atoms with E-state index in [1.54, 1.807) is 10.9 Å². The van der Waals surface area contributed by atoms with Gasteiger partial charge in [0.2, 0.25) is 0 Å². The van der Waals surface area contributed by atoms with Crippen molar-refractivity contribution in [3.8, 4) is 16.9 Å². The number of benzene rings is 2. The molecular formula is C18H18N2O2. The van der Waals surface area contributed by atoms with Crippen LogP contribution in [0, 0.1) is 0 Å². The van der Waals surface area contributed by atoms with Crippen LogP contribution in [0.15, 0.2) is 67.0 Å². The van der Waals surface area contributed by atoms with Gasteiger partial charge in [0.05, 0.1) is 19.3 Å². The first kappa shape index (κ1) is 14.4. The van der Waals surface area contributed by atoms with Gasteiger partial charge in [-0.1, -0.05) is 42.5 Å². The van der Waals surface area contributed by atoms with Crippen LogP contribution in [0.2, 0.25) is 0 Å². The molecule has 3 rings (SSSR count). The fourth-order valence-electron chi connectivity index (χ4n) is 2.24. The zero-order valence-electron chi connectivity index (χ0n) is 12.2. The van der Waals surface area contributed by atoms with E-state index in [2.05, 4.69) is 5.10 Å². The summed E-state index contributed by atoms with van der Waals surface area (Å²) in [6, 6.07) is 18.0. The summed E-state index contributed by atoms with van der Waals surface area (Å²) in [5.74, 6) is 0.830. The number of aliphatic hydroxyl groups excluding tert-OH is 1. The molecule has 0 fully saturated rings. The second-order valence-electron chi connectivity index (χ2n) is 5.02. The second-order valence-corrected chi connectivity index (χ2v) is 5.02. The number of hydrogen-bond acceptors (Lipinski definition) is 3. The molecule has 0 spiro atoms. The Labute approximate surface area is 129 Å². The van der Waals surface area contributed by atoms with Crippen LogP contribution in [0.4, 0.5) is 0 Å². The molecule has 4 heteroatoms. The van der Waals surface area contributed by atoms with Gasteiger partial charge in [-0.15, -0.1) is 0 Å². The average Bonchev–Trinajstić information content (AvgIpc) is 3.03. The van der Waals surface area contributed by atoms with Gasteiger partial charge in [0, 0.05) is 11.8 Å². The molecule has 0 aliphatic rings. The fourth-order valence-corrected chi connectivity index (χ4v) is 2.24. The Kier molecular flexibility index (Phi) is 4.51. The van der Waals surface area contributed by atoms with Crippen molar-refractivity contribution < 1.29 is 9.84 Å². The molecule has 1 aromatic heterocycles. The van der Waals surface area contributed by atoms with Crippen LogP contribution < -0.4 is 4.74 Å². The zero-order valence-corrected chi connectivity index (χ0v) is 12.2. The maximum absolute atomic E-state index is 8.94. The third kappa shape index (κ3) is 3.54. The van der Waals surface area contributed by atoms with Crippen LogP contribution in [0.3, 0.4) is 0 Å². The molecule has 0 bridgehead atoms. The minimum Gasteiger partial charge on any atom is -0.489 e. The number of ether oxygens (including phenoxy) is 1. The van der Waals surface area contributed by atoms with E-state index in [9.17, 15) is 0 Å². The lowest BCUT2D eigenvalue weighted by Gasteiger charge is -2.07.